The van der Waals surface area contributed by atoms with Gasteiger partial charge >= 0.3 is 0 Å². The molecule has 0 amide bonds. The molecule has 2 aromatic heterocycles. The molecule has 2 N–H and O–H groups in total. The molecule has 3 rings (SSSR count). The number of nitrogens with one attached hydrogen (secondary N) is 2. The Bertz CT molecular complexity index is 837. The minimum Gasteiger partial charge on any atom is -0.357 e. The van der Waals surface area contributed by atoms with E-state index in [4.69, 9.17) is 4.99 Å². The van der Waals surface area contributed by atoms with Gasteiger partial charge in [0.25, 0.3) is 0 Å². The first-order valence-electron chi connectivity index (χ1n) is 8.71. The van der Waals surface area contributed by atoms with Crippen molar-refractivity contribution in [1.82, 2.24) is 25.4 Å². The Balaban J connectivity index is 1.68. The van der Waals surface area contributed by atoms with Crippen molar-refractivity contribution in [3.05, 3.63) is 69.9 Å². The lowest BCUT2D eigenvalue weighted by atomic mass is 10.1. The minimum absolute atomic E-state index is 0.619. The second kappa shape index (κ2) is 9.15. The maximum absolute atomic E-state index is 4.75. The number of rotatable bonds is 7. The van der Waals surface area contributed by atoms with Gasteiger partial charge in [-0.25, -0.2) is 9.98 Å². The van der Waals surface area contributed by atoms with E-state index in [0.29, 0.717) is 6.54 Å². The van der Waals surface area contributed by atoms with Gasteiger partial charge in [-0.3, -0.25) is 4.68 Å². The Morgan fingerprint density at radius 2 is 2.04 bits per heavy atom. The number of guanidine groups is 1. The summed E-state index contributed by atoms with van der Waals surface area (Å²) in [6.45, 7) is 7.03. The molecular formula is C19H24N6S. The maximum Gasteiger partial charge on any atom is 0.191 e. The monoisotopic (exact) mass is 368 g/mol. The van der Waals surface area contributed by atoms with Crippen LogP contribution in [0.3, 0.4) is 0 Å². The first kappa shape index (κ1) is 18.1. The van der Waals surface area contributed by atoms with E-state index in [1.165, 1.54) is 16.0 Å². The molecule has 0 aliphatic heterocycles. The maximum atomic E-state index is 4.75. The van der Waals surface area contributed by atoms with Gasteiger partial charge < -0.3 is 10.6 Å². The summed E-state index contributed by atoms with van der Waals surface area (Å²) in [5, 5.41) is 11.0. The van der Waals surface area contributed by atoms with Gasteiger partial charge in [-0.2, -0.15) is 5.10 Å². The zero-order chi connectivity index (χ0) is 18.2. The predicted octanol–water partition coefficient (Wildman–Crippen LogP) is 2.95. The molecule has 7 heteroatoms. The minimum atomic E-state index is 0.619. The lowest BCUT2D eigenvalue weighted by molar-refractivity contribution is 0.680. The van der Waals surface area contributed by atoms with Crippen molar-refractivity contribution < 1.29 is 0 Å². The highest BCUT2D eigenvalue weighted by Crippen LogP contribution is 2.13. The normalized spacial score (nSPS) is 11.5. The van der Waals surface area contributed by atoms with Crippen molar-refractivity contribution in [2.75, 3.05) is 6.54 Å². The highest BCUT2D eigenvalue weighted by Gasteiger charge is 2.05. The molecule has 0 bridgehead atoms. The van der Waals surface area contributed by atoms with Gasteiger partial charge in [-0.05, 0) is 31.0 Å². The zero-order valence-corrected chi connectivity index (χ0v) is 16.0. The third kappa shape index (κ3) is 4.92. The fourth-order valence-electron chi connectivity index (χ4n) is 2.60. The van der Waals surface area contributed by atoms with Crippen LogP contribution in [0.15, 0.2) is 53.2 Å². The first-order chi connectivity index (χ1) is 12.8. The van der Waals surface area contributed by atoms with Gasteiger partial charge in [0.15, 0.2) is 5.96 Å². The highest BCUT2D eigenvalue weighted by molar-refractivity contribution is 7.09. The van der Waals surface area contributed by atoms with Crippen LogP contribution >= 0.6 is 11.3 Å². The van der Waals surface area contributed by atoms with Crippen molar-refractivity contribution in [2.24, 2.45) is 4.99 Å². The average Bonchev–Trinajstić information content (AvgIpc) is 3.30. The van der Waals surface area contributed by atoms with Crippen molar-refractivity contribution in [3.8, 4) is 0 Å². The van der Waals surface area contributed by atoms with Crippen LogP contribution in [0.25, 0.3) is 0 Å². The summed E-state index contributed by atoms with van der Waals surface area (Å²) in [5.74, 6) is 0.814. The molecule has 0 aliphatic carbocycles. The number of nitrogens with zero attached hydrogens (tertiary/aromatic N) is 4. The quantitative estimate of drug-likeness (QED) is 0.497. The summed E-state index contributed by atoms with van der Waals surface area (Å²) < 4.78 is 1.93. The summed E-state index contributed by atoms with van der Waals surface area (Å²) in [4.78, 5) is 10.3. The smallest absolute Gasteiger partial charge is 0.191 e. The van der Waals surface area contributed by atoms with Gasteiger partial charge in [-0.15, -0.1) is 11.3 Å². The van der Waals surface area contributed by atoms with Crippen molar-refractivity contribution in [3.63, 3.8) is 0 Å². The summed E-state index contributed by atoms with van der Waals surface area (Å²) in [6.07, 6.45) is 3.78. The number of hydrogen-bond acceptors (Lipinski definition) is 4. The fourth-order valence-corrected chi connectivity index (χ4v) is 3.32. The molecule has 1 aromatic carbocycles. The largest absolute Gasteiger partial charge is 0.357 e. The summed E-state index contributed by atoms with van der Waals surface area (Å²) in [6, 6.07) is 10.3. The molecule has 0 radical (unpaired) electrons. The number of aliphatic imine (C=N–C) groups is 1. The second-order valence-electron chi connectivity index (χ2n) is 5.88. The third-order valence-corrected chi connectivity index (χ3v) is 4.96. The first-order valence-corrected chi connectivity index (χ1v) is 9.59. The topological polar surface area (TPSA) is 67.1 Å². The second-order valence-corrected chi connectivity index (χ2v) is 6.82. The van der Waals surface area contributed by atoms with Crippen molar-refractivity contribution >= 4 is 17.3 Å². The molecule has 26 heavy (non-hydrogen) atoms. The fraction of sp³-hybridized carbons (Fsp3) is 0.316. The molecule has 136 valence electrons. The van der Waals surface area contributed by atoms with Crippen molar-refractivity contribution in [2.45, 2.75) is 33.5 Å². The lowest BCUT2D eigenvalue weighted by Crippen LogP contribution is -2.36. The molecule has 0 spiro atoms. The Labute approximate surface area is 158 Å². The van der Waals surface area contributed by atoms with Crippen LogP contribution in [0.4, 0.5) is 0 Å². The van der Waals surface area contributed by atoms with E-state index in [1.54, 1.807) is 17.5 Å². The van der Waals surface area contributed by atoms with Crippen LogP contribution in [0, 0.1) is 6.92 Å². The van der Waals surface area contributed by atoms with Crippen molar-refractivity contribution in [1.29, 1.82) is 0 Å². The van der Waals surface area contributed by atoms with E-state index in [0.717, 1.165) is 31.3 Å². The van der Waals surface area contributed by atoms with E-state index in [-0.39, 0.29) is 0 Å². The number of aryl methyl sites for hydroxylation is 1. The van der Waals surface area contributed by atoms with Crippen LogP contribution in [0.2, 0.25) is 0 Å². The summed E-state index contributed by atoms with van der Waals surface area (Å²) >= 11 is 1.66. The van der Waals surface area contributed by atoms with E-state index < -0.39 is 0 Å². The molecule has 0 saturated carbocycles. The van der Waals surface area contributed by atoms with Gasteiger partial charge in [0, 0.05) is 23.8 Å². The Morgan fingerprint density at radius 3 is 2.73 bits per heavy atom. The van der Waals surface area contributed by atoms with E-state index in [1.807, 2.05) is 29.4 Å². The molecule has 2 heterocycles. The number of aromatic nitrogens is 3. The Hall–Kier alpha value is -2.67. The van der Waals surface area contributed by atoms with Gasteiger partial charge in [0.1, 0.15) is 0 Å². The average molecular weight is 369 g/mol. The van der Waals surface area contributed by atoms with Gasteiger partial charge in [-0.1, -0.05) is 24.3 Å². The summed E-state index contributed by atoms with van der Waals surface area (Å²) in [5.41, 5.74) is 5.38. The molecule has 3 aromatic rings. The molecular weight excluding hydrogens is 344 g/mol. The van der Waals surface area contributed by atoms with Gasteiger partial charge in [0.05, 0.1) is 30.8 Å². The standard InChI is InChI=1S/C19H24N6S/c1-3-20-19(22-12-18-15(2)23-14-26-18)21-11-16-7-4-5-8-17(16)13-25-10-6-9-24-25/h4-10,14H,3,11-13H2,1-2H3,(H2,20,21,22). The Morgan fingerprint density at radius 1 is 1.19 bits per heavy atom. The molecule has 0 unspecified atom stereocenters. The number of thiazole rings is 1. The molecule has 0 saturated heterocycles. The van der Waals surface area contributed by atoms with Crippen LogP contribution in [-0.2, 0) is 19.6 Å². The third-order valence-electron chi connectivity index (χ3n) is 4.02. The zero-order valence-electron chi connectivity index (χ0n) is 15.1. The molecule has 0 atom stereocenters. The number of benzene rings is 1. The summed E-state index contributed by atoms with van der Waals surface area (Å²) in [7, 11) is 0. The Kier molecular flexibility index (Phi) is 6.38. The molecule has 0 aliphatic rings. The van der Waals surface area contributed by atoms with Gasteiger partial charge in [0.2, 0.25) is 0 Å². The van der Waals surface area contributed by atoms with E-state index in [2.05, 4.69) is 51.9 Å². The van der Waals surface area contributed by atoms with Crippen LogP contribution in [0.5, 0.6) is 0 Å². The van der Waals surface area contributed by atoms with Crippen LogP contribution < -0.4 is 10.6 Å². The predicted molar refractivity (Wildman–Crippen MR) is 106 cm³/mol. The van der Waals surface area contributed by atoms with Crippen LogP contribution in [0.1, 0.15) is 28.6 Å². The lowest BCUT2D eigenvalue weighted by Gasteiger charge is -2.12. The SMILES string of the molecule is CCNC(=NCc1ccccc1Cn1cccn1)NCc1scnc1C. The molecule has 6 nitrogen and oxygen atoms in total. The van der Waals surface area contributed by atoms with E-state index >= 15 is 0 Å². The highest BCUT2D eigenvalue weighted by atomic mass is 32.1. The van der Waals surface area contributed by atoms with Crippen LogP contribution in [-0.4, -0.2) is 27.3 Å². The van der Waals surface area contributed by atoms with E-state index in [9.17, 15) is 0 Å². The molecule has 0 fully saturated rings. The number of hydrogen-bond donors (Lipinski definition) is 2.